The van der Waals surface area contributed by atoms with Crippen LogP contribution in [0.2, 0.25) is 0 Å². The smallest absolute Gasteiger partial charge is 0.348 e. The number of carboxylic acids is 1. The molecule has 2 bridgehead atoms. The second kappa shape index (κ2) is 2.12. The molecule has 1 aliphatic heterocycles. The van der Waals surface area contributed by atoms with Gasteiger partial charge in [0.15, 0.2) is 0 Å². The number of aliphatic carboxylic acids is 1. The van der Waals surface area contributed by atoms with Crippen molar-refractivity contribution < 1.29 is 19.4 Å². The Hall–Kier alpha value is -1.06. The van der Waals surface area contributed by atoms with Gasteiger partial charge >= 0.3 is 11.9 Å². The van der Waals surface area contributed by atoms with Crippen LogP contribution in [0.4, 0.5) is 0 Å². The fourth-order valence-corrected chi connectivity index (χ4v) is 2.72. The molecule has 0 spiro atoms. The van der Waals surface area contributed by atoms with E-state index < -0.39 is 22.4 Å². The van der Waals surface area contributed by atoms with Gasteiger partial charge in [0.25, 0.3) is 0 Å². The summed E-state index contributed by atoms with van der Waals surface area (Å²) in [5.74, 6) is -1.38. The zero-order chi connectivity index (χ0) is 10.8. The number of hydrogen-bond acceptors (Lipinski definition) is 3. The van der Waals surface area contributed by atoms with Crippen molar-refractivity contribution in [2.75, 3.05) is 0 Å². The summed E-state index contributed by atoms with van der Waals surface area (Å²) < 4.78 is 5.09. The molecule has 1 N–H and O–H groups in total. The second-order valence-electron chi connectivity index (χ2n) is 4.98. The number of ether oxygens (including phenoxy) is 1. The monoisotopic (exact) mass is 198 g/mol. The average Bonchev–Trinajstić information content (AvgIpc) is 2.34. The molecule has 1 saturated heterocycles. The van der Waals surface area contributed by atoms with E-state index in [0.29, 0.717) is 12.8 Å². The van der Waals surface area contributed by atoms with Gasteiger partial charge in [-0.25, -0.2) is 4.79 Å². The third-order valence-electron chi connectivity index (χ3n) is 4.43. The Morgan fingerprint density at radius 3 is 2.14 bits per heavy atom. The Morgan fingerprint density at radius 1 is 1.36 bits per heavy atom. The molecule has 2 atom stereocenters. The lowest BCUT2D eigenvalue weighted by atomic mass is 9.66. The lowest BCUT2D eigenvalue weighted by molar-refractivity contribution is -0.178. The molecule has 2 rings (SSSR count). The van der Waals surface area contributed by atoms with Gasteiger partial charge in [0, 0.05) is 5.41 Å². The van der Waals surface area contributed by atoms with Gasteiger partial charge in [-0.1, -0.05) is 13.8 Å². The van der Waals surface area contributed by atoms with Crippen LogP contribution < -0.4 is 0 Å². The van der Waals surface area contributed by atoms with E-state index in [9.17, 15) is 14.7 Å². The molecule has 1 saturated carbocycles. The van der Waals surface area contributed by atoms with Crippen LogP contribution in [0.1, 0.15) is 33.6 Å². The largest absolute Gasteiger partial charge is 0.478 e. The molecule has 1 aliphatic carbocycles. The maximum Gasteiger partial charge on any atom is 0.348 e. The van der Waals surface area contributed by atoms with Crippen LogP contribution in [0.5, 0.6) is 0 Å². The first kappa shape index (κ1) is 9.49. The maximum atomic E-state index is 11.6. The Morgan fingerprint density at radius 2 is 1.93 bits per heavy atom. The van der Waals surface area contributed by atoms with E-state index in [0.717, 1.165) is 0 Å². The number of carbonyl (C=O) groups is 2. The molecule has 1 unspecified atom stereocenters. The number of carbonyl (C=O) groups excluding carboxylic acids is 1. The van der Waals surface area contributed by atoms with E-state index in [1.807, 2.05) is 0 Å². The Kier molecular flexibility index (Phi) is 1.44. The maximum absolute atomic E-state index is 11.6. The normalized spacial score (nSPS) is 43.8. The van der Waals surface area contributed by atoms with Crippen LogP contribution in [0.15, 0.2) is 0 Å². The van der Waals surface area contributed by atoms with E-state index in [1.54, 1.807) is 20.8 Å². The summed E-state index contributed by atoms with van der Waals surface area (Å²) in [7, 11) is 0. The summed E-state index contributed by atoms with van der Waals surface area (Å²) in [6.45, 7) is 5.41. The topological polar surface area (TPSA) is 63.6 Å². The molecular formula is C10H14O4. The van der Waals surface area contributed by atoms with Crippen molar-refractivity contribution in [2.45, 2.75) is 39.2 Å². The molecule has 1 heterocycles. The number of rotatable bonds is 1. The van der Waals surface area contributed by atoms with Gasteiger partial charge in [-0.3, -0.25) is 4.79 Å². The van der Waals surface area contributed by atoms with Gasteiger partial charge in [0.1, 0.15) is 0 Å². The predicted molar refractivity (Wildman–Crippen MR) is 47.6 cm³/mol. The zero-order valence-corrected chi connectivity index (χ0v) is 8.59. The van der Waals surface area contributed by atoms with Crippen LogP contribution in [-0.2, 0) is 14.3 Å². The second-order valence-corrected chi connectivity index (χ2v) is 4.98. The Balaban J connectivity index is 2.60. The van der Waals surface area contributed by atoms with Gasteiger partial charge in [-0.2, -0.15) is 0 Å². The van der Waals surface area contributed by atoms with E-state index in [4.69, 9.17) is 4.74 Å². The first-order chi connectivity index (χ1) is 6.28. The van der Waals surface area contributed by atoms with E-state index in [1.165, 1.54) is 0 Å². The predicted octanol–water partition coefficient (Wildman–Crippen LogP) is 1.19. The van der Waals surface area contributed by atoms with E-state index in [2.05, 4.69) is 0 Å². The van der Waals surface area contributed by atoms with Crippen molar-refractivity contribution in [3.63, 3.8) is 0 Å². The first-order valence-electron chi connectivity index (χ1n) is 4.75. The molecule has 78 valence electrons. The molecule has 0 amide bonds. The molecule has 0 aromatic carbocycles. The molecule has 0 aromatic heterocycles. The van der Waals surface area contributed by atoms with Gasteiger partial charge in [0.2, 0.25) is 5.60 Å². The highest BCUT2D eigenvalue weighted by atomic mass is 16.6. The van der Waals surface area contributed by atoms with Gasteiger partial charge in [-0.15, -0.1) is 0 Å². The Bertz CT molecular complexity index is 333. The minimum Gasteiger partial charge on any atom is -0.478 e. The minimum absolute atomic E-state index is 0.365. The van der Waals surface area contributed by atoms with Crippen LogP contribution in [0.3, 0.4) is 0 Å². The van der Waals surface area contributed by atoms with Crippen LogP contribution in [0.25, 0.3) is 0 Å². The summed E-state index contributed by atoms with van der Waals surface area (Å²) in [5, 5.41) is 9.18. The average molecular weight is 198 g/mol. The molecular weight excluding hydrogens is 184 g/mol. The highest BCUT2D eigenvalue weighted by molar-refractivity contribution is 5.92. The quantitative estimate of drug-likeness (QED) is 0.643. The molecule has 4 nitrogen and oxygen atoms in total. The number of carboxylic acid groups (broad SMARTS) is 1. The lowest BCUT2D eigenvalue weighted by Gasteiger charge is -2.32. The van der Waals surface area contributed by atoms with Crippen LogP contribution >= 0.6 is 0 Å². The van der Waals surface area contributed by atoms with Crippen molar-refractivity contribution in [2.24, 2.45) is 10.8 Å². The summed E-state index contributed by atoms with van der Waals surface area (Å²) in [6.07, 6.45) is 1.03. The van der Waals surface area contributed by atoms with E-state index in [-0.39, 0.29) is 5.97 Å². The van der Waals surface area contributed by atoms with Crippen molar-refractivity contribution in [1.29, 1.82) is 0 Å². The number of esters is 1. The summed E-state index contributed by atoms with van der Waals surface area (Å²) in [5.41, 5.74) is -2.55. The third kappa shape index (κ3) is 0.645. The minimum atomic E-state index is -1.29. The first-order valence-corrected chi connectivity index (χ1v) is 4.75. The zero-order valence-electron chi connectivity index (χ0n) is 8.59. The standard InChI is InChI=1S/C10H14O4/c1-8(2)9(3)4-5-10(8,6(11)12)14-7(9)13/h4-5H2,1-3H3,(H,11,12)/t9-,10?/m1/s1. The highest BCUT2D eigenvalue weighted by Crippen LogP contribution is 2.65. The van der Waals surface area contributed by atoms with Crippen LogP contribution in [-0.4, -0.2) is 22.6 Å². The fraction of sp³-hybridized carbons (Fsp3) is 0.800. The van der Waals surface area contributed by atoms with Crippen molar-refractivity contribution >= 4 is 11.9 Å². The van der Waals surface area contributed by atoms with Gasteiger partial charge in [-0.05, 0) is 19.8 Å². The Labute approximate surface area is 82.2 Å². The van der Waals surface area contributed by atoms with Crippen molar-refractivity contribution in [1.82, 2.24) is 0 Å². The number of hydrogen-bond donors (Lipinski definition) is 1. The molecule has 4 heteroatoms. The molecule has 14 heavy (non-hydrogen) atoms. The van der Waals surface area contributed by atoms with Crippen LogP contribution in [0, 0.1) is 10.8 Å². The number of fused-ring (bicyclic) bond motifs is 2. The summed E-state index contributed by atoms with van der Waals surface area (Å²) in [4.78, 5) is 22.8. The van der Waals surface area contributed by atoms with Gasteiger partial charge < -0.3 is 9.84 Å². The summed E-state index contributed by atoms with van der Waals surface area (Å²) in [6, 6.07) is 0. The molecule has 0 aromatic rings. The molecule has 2 fully saturated rings. The van der Waals surface area contributed by atoms with E-state index >= 15 is 0 Å². The van der Waals surface area contributed by atoms with Gasteiger partial charge in [0.05, 0.1) is 5.41 Å². The molecule has 2 aliphatic rings. The van der Waals surface area contributed by atoms with Crippen molar-refractivity contribution in [3.05, 3.63) is 0 Å². The van der Waals surface area contributed by atoms with Crippen molar-refractivity contribution in [3.8, 4) is 0 Å². The SMILES string of the molecule is CC1(C)C2(C(=O)O)CC[C@]1(C)C(=O)O2. The molecule has 0 radical (unpaired) electrons. The fourth-order valence-electron chi connectivity index (χ4n) is 2.72. The lowest BCUT2D eigenvalue weighted by Crippen LogP contribution is -2.47. The summed E-state index contributed by atoms with van der Waals surface area (Å²) >= 11 is 0. The highest BCUT2D eigenvalue weighted by Gasteiger charge is 2.76. The third-order valence-corrected chi connectivity index (χ3v) is 4.43.